The van der Waals surface area contributed by atoms with Crippen molar-refractivity contribution < 1.29 is 4.74 Å². The lowest BCUT2D eigenvalue weighted by Gasteiger charge is -2.20. The molecule has 1 saturated heterocycles. The zero-order chi connectivity index (χ0) is 19.1. The molecule has 1 aliphatic rings. The van der Waals surface area contributed by atoms with E-state index in [1.807, 2.05) is 31.3 Å². The van der Waals surface area contributed by atoms with Crippen LogP contribution in [0.25, 0.3) is 27.8 Å². The Hall–Kier alpha value is -3.35. The van der Waals surface area contributed by atoms with Crippen LogP contribution in [0.5, 0.6) is 5.75 Å². The predicted octanol–water partition coefficient (Wildman–Crippen LogP) is 3.26. The molecule has 28 heavy (non-hydrogen) atoms. The van der Waals surface area contributed by atoms with Gasteiger partial charge in [-0.15, -0.1) is 0 Å². The van der Waals surface area contributed by atoms with Gasteiger partial charge in [-0.1, -0.05) is 0 Å². The van der Waals surface area contributed by atoms with Crippen LogP contribution < -0.4 is 15.3 Å². The Balaban J connectivity index is 1.75. The largest absolute Gasteiger partial charge is 0.491 e. The Kier molecular flexibility index (Phi) is 4.00. The lowest BCUT2D eigenvalue weighted by molar-refractivity contribution is 0.343. The Morgan fingerprint density at radius 3 is 2.75 bits per heavy atom. The van der Waals surface area contributed by atoms with Crippen molar-refractivity contribution in [2.45, 2.75) is 19.8 Å². The number of fused-ring (bicyclic) bond motifs is 2. The summed E-state index contributed by atoms with van der Waals surface area (Å²) >= 11 is 0. The van der Waals surface area contributed by atoms with Gasteiger partial charge >= 0.3 is 5.69 Å². The quantitative estimate of drug-likeness (QED) is 0.592. The second-order valence-corrected chi connectivity index (χ2v) is 6.93. The Labute approximate surface area is 161 Å². The normalized spacial score (nSPS) is 14.2. The van der Waals surface area contributed by atoms with E-state index in [-0.39, 0.29) is 5.69 Å². The van der Waals surface area contributed by atoms with Crippen LogP contribution in [0.3, 0.4) is 0 Å². The number of benzene rings is 1. The third-order valence-corrected chi connectivity index (χ3v) is 5.25. The van der Waals surface area contributed by atoms with Crippen molar-refractivity contribution in [1.82, 2.24) is 19.5 Å². The molecule has 0 unspecified atom stereocenters. The van der Waals surface area contributed by atoms with Crippen LogP contribution in [0.15, 0.2) is 47.5 Å². The lowest BCUT2D eigenvalue weighted by Crippen LogP contribution is -2.18. The molecule has 0 spiro atoms. The van der Waals surface area contributed by atoms with E-state index in [0.717, 1.165) is 29.7 Å². The van der Waals surface area contributed by atoms with Crippen LogP contribution in [-0.2, 0) is 0 Å². The molecule has 0 bridgehead atoms. The molecule has 0 radical (unpaired) electrons. The third-order valence-electron chi connectivity index (χ3n) is 5.25. The van der Waals surface area contributed by atoms with Gasteiger partial charge in [-0.05, 0) is 44.0 Å². The highest BCUT2D eigenvalue weighted by Crippen LogP contribution is 2.31. The van der Waals surface area contributed by atoms with Gasteiger partial charge in [0.05, 0.1) is 17.8 Å². The standard InChI is InChI=1S/C21H21N5O2/c1-2-28-18-8-10-23-20-19(18)26(21(27)24-20)14-5-6-16-15(13-14)17(7-9-22-16)25-11-3-4-12-25/h5-10,13H,2-4,11-12H2,1H3,(H,23,24,27). The highest BCUT2D eigenvalue weighted by atomic mass is 16.5. The van der Waals surface area contributed by atoms with E-state index in [1.165, 1.54) is 18.5 Å². The average Bonchev–Trinajstić information content (AvgIpc) is 3.35. The van der Waals surface area contributed by atoms with Gasteiger partial charge in [0.25, 0.3) is 0 Å². The maximum atomic E-state index is 12.8. The molecule has 0 aliphatic carbocycles. The molecule has 142 valence electrons. The predicted molar refractivity (Wildman–Crippen MR) is 110 cm³/mol. The minimum atomic E-state index is -0.236. The van der Waals surface area contributed by atoms with Crippen molar-refractivity contribution >= 4 is 27.8 Å². The number of H-pyrrole nitrogens is 1. The van der Waals surface area contributed by atoms with E-state index >= 15 is 0 Å². The first kappa shape index (κ1) is 16.8. The number of aromatic amines is 1. The summed E-state index contributed by atoms with van der Waals surface area (Å²) in [7, 11) is 0. The molecule has 1 fully saturated rings. The number of aromatic nitrogens is 4. The Bertz CT molecular complexity index is 1220. The van der Waals surface area contributed by atoms with E-state index in [1.54, 1.807) is 16.8 Å². The van der Waals surface area contributed by atoms with E-state index in [2.05, 4.69) is 25.9 Å². The van der Waals surface area contributed by atoms with Gasteiger partial charge < -0.3 is 9.64 Å². The third kappa shape index (κ3) is 2.62. The number of hydrogen-bond acceptors (Lipinski definition) is 5. The van der Waals surface area contributed by atoms with Gasteiger partial charge in [-0.2, -0.15) is 0 Å². The topological polar surface area (TPSA) is 76.0 Å². The second-order valence-electron chi connectivity index (χ2n) is 6.93. The summed E-state index contributed by atoms with van der Waals surface area (Å²) in [5.41, 5.74) is 3.79. The van der Waals surface area contributed by atoms with Crippen molar-refractivity contribution in [3.63, 3.8) is 0 Å². The summed E-state index contributed by atoms with van der Waals surface area (Å²) in [6.45, 7) is 4.54. The molecule has 4 aromatic rings. The monoisotopic (exact) mass is 375 g/mol. The van der Waals surface area contributed by atoms with Crippen molar-refractivity contribution in [2.75, 3.05) is 24.6 Å². The molecule has 1 N–H and O–H groups in total. The minimum Gasteiger partial charge on any atom is -0.491 e. The highest BCUT2D eigenvalue weighted by molar-refractivity contribution is 5.93. The van der Waals surface area contributed by atoms with Crippen molar-refractivity contribution in [3.05, 3.63) is 53.2 Å². The van der Waals surface area contributed by atoms with Gasteiger partial charge in [0.2, 0.25) is 0 Å². The summed E-state index contributed by atoms with van der Waals surface area (Å²) in [4.78, 5) is 26.8. The fourth-order valence-corrected chi connectivity index (χ4v) is 4.01. The molecule has 0 saturated carbocycles. The molecule has 1 aromatic carbocycles. The maximum absolute atomic E-state index is 12.8. The zero-order valence-corrected chi connectivity index (χ0v) is 15.7. The van der Waals surface area contributed by atoms with E-state index < -0.39 is 0 Å². The average molecular weight is 375 g/mol. The van der Waals surface area contributed by atoms with Crippen LogP contribution in [0.4, 0.5) is 5.69 Å². The summed E-state index contributed by atoms with van der Waals surface area (Å²) in [5.74, 6) is 0.636. The molecule has 4 heterocycles. The van der Waals surface area contributed by atoms with E-state index in [0.29, 0.717) is 23.5 Å². The lowest BCUT2D eigenvalue weighted by atomic mass is 10.1. The molecule has 3 aromatic heterocycles. The number of rotatable bonds is 4. The fraction of sp³-hybridized carbons (Fsp3) is 0.286. The summed E-state index contributed by atoms with van der Waals surface area (Å²) in [6, 6.07) is 9.76. The first-order valence-corrected chi connectivity index (χ1v) is 9.63. The van der Waals surface area contributed by atoms with Gasteiger partial charge in [0.1, 0.15) is 11.3 Å². The van der Waals surface area contributed by atoms with E-state index in [9.17, 15) is 4.79 Å². The number of imidazole rings is 1. The van der Waals surface area contributed by atoms with Gasteiger partial charge in [0.15, 0.2) is 5.65 Å². The number of ether oxygens (including phenoxy) is 1. The second kappa shape index (κ2) is 6.67. The zero-order valence-electron chi connectivity index (χ0n) is 15.7. The summed E-state index contributed by atoms with van der Waals surface area (Å²) < 4.78 is 7.38. The molecule has 5 rings (SSSR count). The SMILES string of the molecule is CCOc1ccnc2[nH]c(=O)n(-c3ccc4nccc(N5CCCC5)c4c3)c12. The van der Waals surface area contributed by atoms with Crippen molar-refractivity contribution in [2.24, 2.45) is 0 Å². The molecule has 7 nitrogen and oxygen atoms in total. The van der Waals surface area contributed by atoms with Crippen LogP contribution in [0.2, 0.25) is 0 Å². The molecule has 7 heteroatoms. The van der Waals surface area contributed by atoms with Gasteiger partial charge in [-0.25, -0.2) is 9.78 Å². The Morgan fingerprint density at radius 1 is 1.11 bits per heavy atom. The highest BCUT2D eigenvalue weighted by Gasteiger charge is 2.18. The maximum Gasteiger partial charge on any atom is 0.332 e. The Morgan fingerprint density at radius 2 is 1.93 bits per heavy atom. The number of anilines is 1. The van der Waals surface area contributed by atoms with Crippen LogP contribution >= 0.6 is 0 Å². The molecule has 1 aliphatic heterocycles. The van der Waals surface area contributed by atoms with Gasteiger partial charge in [-0.3, -0.25) is 14.5 Å². The summed E-state index contributed by atoms with van der Waals surface area (Å²) in [5, 5.41) is 1.05. The van der Waals surface area contributed by atoms with Crippen LogP contribution in [-0.4, -0.2) is 39.2 Å². The minimum absolute atomic E-state index is 0.236. The fourth-order valence-electron chi connectivity index (χ4n) is 4.01. The van der Waals surface area contributed by atoms with Crippen molar-refractivity contribution in [1.29, 1.82) is 0 Å². The van der Waals surface area contributed by atoms with Gasteiger partial charge in [0, 0.05) is 42.6 Å². The molecular weight excluding hydrogens is 354 g/mol. The van der Waals surface area contributed by atoms with E-state index in [4.69, 9.17) is 4.74 Å². The number of pyridine rings is 2. The van der Waals surface area contributed by atoms with Crippen molar-refractivity contribution in [3.8, 4) is 11.4 Å². The molecule has 0 amide bonds. The number of nitrogens with one attached hydrogen (secondary N) is 1. The summed E-state index contributed by atoms with van der Waals surface area (Å²) in [6.07, 6.45) is 5.90. The molecule has 0 atom stereocenters. The first-order chi connectivity index (χ1) is 13.8. The van der Waals surface area contributed by atoms with Crippen LogP contribution in [0.1, 0.15) is 19.8 Å². The van der Waals surface area contributed by atoms with Crippen LogP contribution in [0, 0.1) is 0 Å². The number of nitrogens with zero attached hydrogens (tertiary/aromatic N) is 4. The first-order valence-electron chi connectivity index (χ1n) is 9.63. The molecular formula is C21H21N5O2. The number of hydrogen-bond donors (Lipinski definition) is 1. The smallest absolute Gasteiger partial charge is 0.332 e.